The van der Waals surface area contributed by atoms with Gasteiger partial charge in [-0.2, -0.15) is 21.6 Å². The standard InChI is InChI=1S/C12H14F3NO4S/c1-5-6(2)9(16-11(17)12(13,14)15)8(4)10(7(5)3)21(18,19)20/h1-4H3,(H,16,17)(H,18,19,20). The molecule has 9 heteroatoms. The minimum Gasteiger partial charge on any atom is -0.318 e. The van der Waals surface area contributed by atoms with E-state index in [1.165, 1.54) is 27.7 Å². The minimum absolute atomic E-state index is 0.143. The quantitative estimate of drug-likeness (QED) is 0.819. The molecule has 0 radical (unpaired) electrons. The molecule has 1 rings (SSSR count). The molecule has 5 nitrogen and oxygen atoms in total. The van der Waals surface area contributed by atoms with Crippen LogP contribution in [0.4, 0.5) is 18.9 Å². The van der Waals surface area contributed by atoms with E-state index in [1.807, 2.05) is 0 Å². The first kappa shape index (κ1) is 17.4. The van der Waals surface area contributed by atoms with E-state index in [4.69, 9.17) is 0 Å². The molecule has 1 amide bonds. The fourth-order valence-electron chi connectivity index (χ4n) is 2.07. The Bertz CT molecular complexity index is 708. The van der Waals surface area contributed by atoms with Crippen LogP contribution in [0.1, 0.15) is 22.3 Å². The van der Waals surface area contributed by atoms with Gasteiger partial charge in [0.1, 0.15) is 4.90 Å². The van der Waals surface area contributed by atoms with Crippen LogP contribution in [0.2, 0.25) is 0 Å². The van der Waals surface area contributed by atoms with E-state index in [0.29, 0.717) is 11.1 Å². The van der Waals surface area contributed by atoms with Gasteiger partial charge in [0, 0.05) is 5.69 Å². The van der Waals surface area contributed by atoms with Gasteiger partial charge >= 0.3 is 12.1 Å². The van der Waals surface area contributed by atoms with E-state index in [9.17, 15) is 30.9 Å². The predicted molar refractivity (Wildman–Crippen MR) is 69.9 cm³/mol. The summed E-state index contributed by atoms with van der Waals surface area (Å²) in [6.07, 6.45) is -5.10. The monoisotopic (exact) mass is 325 g/mol. The van der Waals surface area contributed by atoms with E-state index < -0.39 is 27.1 Å². The van der Waals surface area contributed by atoms with Crippen LogP contribution in [0.15, 0.2) is 4.90 Å². The third kappa shape index (κ3) is 3.35. The first-order valence-corrected chi connectivity index (χ1v) is 7.18. The molecule has 1 aromatic carbocycles. The summed E-state index contributed by atoms with van der Waals surface area (Å²) in [5.41, 5.74) is 0.474. The maximum atomic E-state index is 12.3. The number of hydrogen-bond donors (Lipinski definition) is 2. The highest BCUT2D eigenvalue weighted by Gasteiger charge is 2.39. The minimum atomic E-state index is -5.10. The zero-order valence-corrected chi connectivity index (χ0v) is 12.5. The van der Waals surface area contributed by atoms with E-state index >= 15 is 0 Å². The third-order valence-electron chi connectivity index (χ3n) is 3.31. The molecule has 0 fully saturated rings. The van der Waals surface area contributed by atoms with Crippen LogP contribution in [0.5, 0.6) is 0 Å². The van der Waals surface area contributed by atoms with Crippen molar-refractivity contribution in [3.63, 3.8) is 0 Å². The largest absolute Gasteiger partial charge is 0.471 e. The van der Waals surface area contributed by atoms with E-state index in [0.717, 1.165) is 0 Å². The number of nitrogens with one attached hydrogen (secondary N) is 1. The summed E-state index contributed by atoms with van der Waals surface area (Å²) in [6.45, 7) is 5.58. The maximum Gasteiger partial charge on any atom is 0.471 e. The highest BCUT2D eigenvalue weighted by molar-refractivity contribution is 7.86. The fourth-order valence-corrected chi connectivity index (χ4v) is 3.10. The molecule has 0 unspecified atom stereocenters. The number of anilines is 1. The van der Waals surface area contributed by atoms with Crippen LogP contribution in [0.25, 0.3) is 0 Å². The molecule has 1 aromatic rings. The van der Waals surface area contributed by atoms with Crippen molar-refractivity contribution in [2.24, 2.45) is 0 Å². The van der Waals surface area contributed by atoms with Gasteiger partial charge in [-0.05, 0) is 49.9 Å². The zero-order valence-electron chi connectivity index (χ0n) is 11.7. The molecule has 21 heavy (non-hydrogen) atoms. The molecule has 0 bridgehead atoms. The van der Waals surface area contributed by atoms with Crippen molar-refractivity contribution < 1.29 is 30.9 Å². The fraction of sp³-hybridized carbons (Fsp3) is 0.417. The van der Waals surface area contributed by atoms with Gasteiger partial charge < -0.3 is 5.32 Å². The van der Waals surface area contributed by atoms with Gasteiger partial charge in [0.05, 0.1) is 0 Å². The molecule has 0 spiro atoms. The predicted octanol–water partition coefficient (Wildman–Crippen LogP) is 2.67. The number of benzene rings is 1. The van der Waals surface area contributed by atoms with E-state index in [2.05, 4.69) is 0 Å². The van der Waals surface area contributed by atoms with Gasteiger partial charge in [0.15, 0.2) is 0 Å². The van der Waals surface area contributed by atoms with Gasteiger partial charge in [-0.25, -0.2) is 0 Å². The second-order valence-electron chi connectivity index (χ2n) is 4.63. The molecule has 0 aliphatic carbocycles. The highest BCUT2D eigenvalue weighted by Crippen LogP contribution is 2.34. The van der Waals surface area contributed by atoms with Crippen molar-refractivity contribution in [3.8, 4) is 0 Å². The average molecular weight is 325 g/mol. The lowest BCUT2D eigenvalue weighted by molar-refractivity contribution is -0.167. The lowest BCUT2D eigenvalue weighted by atomic mass is 9.98. The molecule has 0 atom stereocenters. The SMILES string of the molecule is Cc1c(C)c(NC(=O)C(F)(F)F)c(C)c(S(=O)(=O)O)c1C. The van der Waals surface area contributed by atoms with Crippen molar-refractivity contribution in [1.82, 2.24) is 0 Å². The van der Waals surface area contributed by atoms with Gasteiger partial charge in [-0.3, -0.25) is 9.35 Å². The van der Waals surface area contributed by atoms with Gasteiger partial charge in [0.25, 0.3) is 10.1 Å². The number of hydrogen-bond acceptors (Lipinski definition) is 3. The van der Waals surface area contributed by atoms with Crippen molar-refractivity contribution >= 4 is 21.7 Å². The van der Waals surface area contributed by atoms with E-state index in [1.54, 1.807) is 5.32 Å². The Morgan fingerprint density at radius 2 is 1.48 bits per heavy atom. The first-order valence-electron chi connectivity index (χ1n) is 5.74. The van der Waals surface area contributed by atoms with Gasteiger partial charge in [0.2, 0.25) is 0 Å². The van der Waals surface area contributed by atoms with Crippen molar-refractivity contribution in [1.29, 1.82) is 0 Å². The first-order chi connectivity index (χ1) is 9.28. The Labute approximate surface area is 119 Å². The van der Waals surface area contributed by atoms with E-state index in [-0.39, 0.29) is 16.8 Å². The Morgan fingerprint density at radius 3 is 1.86 bits per heavy atom. The second-order valence-corrected chi connectivity index (χ2v) is 5.99. The van der Waals surface area contributed by atoms with Crippen molar-refractivity contribution in [3.05, 3.63) is 22.3 Å². The maximum absolute atomic E-state index is 12.3. The molecule has 0 aromatic heterocycles. The number of rotatable bonds is 2. The van der Waals surface area contributed by atoms with Crippen LogP contribution >= 0.6 is 0 Å². The lowest BCUT2D eigenvalue weighted by Crippen LogP contribution is -2.31. The van der Waals surface area contributed by atoms with Crippen molar-refractivity contribution in [2.75, 3.05) is 5.32 Å². The Balaban J connectivity index is 3.62. The normalized spacial score (nSPS) is 12.4. The Kier molecular flexibility index (Phi) is 4.40. The number of alkyl halides is 3. The second kappa shape index (κ2) is 5.30. The highest BCUT2D eigenvalue weighted by atomic mass is 32.2. The van der Waals surface area contributed by atoms with Gasteiger partial charge in [-0.15, -0.1) is 0 Å². The lowest BCUT2D eigenvalue weighted by Gasteiger charge is -2.19. The summed E-state index contributed by atoms with van der Waals surface area (Å²) < 4.78 is 69.0. The Morgan fingerprint density at radius 1 is 1.00 bits per heavy atom. The summed E-state index contributed by atoms with van der Waals surface area (Å²) in [7, 11) is -4.63. The van der Waals surface area contributed by atoms with Crippen LogP contribution < -0.4 is 5.32 Å². The summed E-state index contributed by atoms with van der Waals surface area (Å²) in [4.78, 5) is 10.6. The zero-order chi connectivity index (χ0) is 16.7. The smallest absolute Gasteiger partial charge is 0.318 e. The summed E-state index contributed by atoms with van der Waals surface area (Å²) in [5, 5.41) is 1.66. The molecule has 118 valence electrons. The Hall–Kier alpha value is -1.61. The third-order valence-corrected chi connectivity index (χ3v) is 4.44. The molecular weight excluding hydrogens is 311 g/mol. The van der Waals surface area contributed by atoms with Crippen LogP contribution in [-0.4, -0.2) is 25.1 Å². The molecule has 0 heterocycles. The molecule has 2 N–H and O–H groups in total. The number of carbonyl (C=O) groups is 1. The summed E-state index contributed by atoms with van der Waals surface area (Å²) in [5.74, 6) is -2.21. The van der Waals surface area contributed by atoms with Crippen LogP contribution in [0.3, 0.4) is 0 Å². The average Bonchev–Trinajstić information content (AvgIpc) is 2.28. The van der Waals surface area contributed by atoms with Crippen molar-refractivity contribution in [2.45, 2.75) is 38.8 Å². The van der Waals surface area contributed by atoms with Gasteiger partial charge in [-0.1, -0.05) is 0 Å². The summed E-state index contributed by atoms with van der Waals surface area (Å²) >= 11 is 0. The molecular formula is C12H14F3NO4S. The van der Waals surface area contributed by atoms with Crippen LogP contribution in [0, 0.1) is 27.7 Å². The topological polar surface area (TPSA) is 83.5 Å². The summed E-state index contributed by atoms with van der Waals surface area (Å²) in [6, 6.07) is 0. The molecule has 0 aliphatic heterocycles. The van der Waals surface area contributed by atoms with Crippen LogP contribution in [-0.2, 0) is 14.9 Å². The molecule has 0 aliphatic rings. The number of halogens is 3. The number of carbonyl (C=O) groups excluding carboxylic acids is 1. The molecule has 0 saturated heterocycles. The number of amides is 1. The molecule has 0 saturated carbocycles.